The number of para-hydroxylation sites is 4. The molecule has 0 radical (unpaired) electrons. The molecule has 12 heteroatoms. The molecule has 0 aromatic heterocycles. The maximum Gasteiger partial charge on any atom is 0.495 e. The van der Waals surface area contributed by atoms with Gasteiger partial charge in [-0.3, -0.25) is 0 Å². The molecule has 7 aliphatic rings. The van der Waals surface area contributed by atoms with Crippen LogP contribution in [0, 0.1) is 0 Å². The summed E-state index contributed by atoms with van der Waals surface area (Å²) in [4.78, 5) is 0. The van der Waals surface area contributed by atoms with Crippen molar-refractivity contribution < 1.29 is 37.4 Å². The third-order valence-electron chi connectivity index (χ3n) is 19.0. The summed E-state index contributed by atoms with van der Waals surface area (Å²) in [6.07, 6.45) is 0. The van der Waals surface area contributed by atoms with E-state index in [-0.39, 0.29) is 27.8 Å². The Morgan fingerprint density at radius 2 is 0.575 bits per heavy atom. The first kappa shape index (κ1) is 53.1. The van der Waals surface area contributed by atoms with Gasteiger partial charge >= 0.3 is 21.1 Å². The minimum absolute atomic E-state index is 0.360. The normalized spacial score (nSPS) is 20.7. The van der Waals surface area contributed by atoms with Gasteiger partial charge in [0.15, 0.2) is 0 Å². The van der Waals surface area contributed by atoms with Crippen molar-refractivity contribution in [3.63, 3.8) is 0 Å². The van der Waals surface area contributed by atoms with Crippen molar-refractivity contribution in [1.29, 1.82) is 0 Å². The quantitative estimate of drug-likeness (QED) is 0.159. The van der Waals surface area contributed by atoms with Gasteiger partial charge in [-0.15, -0.1) is 0 Å². The summed E-state index contributed by atoms with van der Waals surface area (Å²) < 4.78 is 50.8. The van der Waals surface area contributed by atoms with Gasteiger partial charge in [-0.1, -0.05) is 168 Å². The second-order valence-electron chi connectivity index (χ2n) is 25.0. The highest BCUT2D eigenvalue weighted by molar-refractivity contribution is 9.10. The average Bonchev–Trinajstić information content (AvgIpc) is 2.05. The van der Waals surface area contributed by atoms with E-state index in [0.29, 0.717) is 0 Å². The maximum absolute atomic E-state index is 6.56. The van der Waals surface area contributed by atoms with E-state index in [0.717, 1.165) is 44.1 Å². The van der Waals surface area contributed by atoms with Crippen molar-refractivity contribution in [2.75, 3.05) is 0 Å². The van der Waals surface area contributed by atoms with Crippen molar-refractivity contribution in [2.24, 2.45) is 0 Å². The molecule has 0 unspecified atom stereocenters. The van der Waals surface area contributed by atoms with Gasteiger partial charge in [0.25, 0.3) is 0 Å². The molecular formula is C68H66B3BrO8. The van der Waals surface area contributed by atoms with Crippen molar-refractivity contribution in [3.05, 3.63) is 231 Å². The molecule has 402 valence electrons. The van der Waals surface area contributed by atoms with Crippen LogP contribution in [-0.4, -0.2) is 54.7 Å². The molecule has 0 saturated carbocycles. The van der Waals surface area contributed by atoms with Gasteiger partial charge in [0.05, 0.1) is 44.4 Å². The van der Waals surface area contributed by atoms with Crippen LogP contribution in [0.1, 0.15) is 128 Å². The molecule has 5 heterocycles. The van der Waals surface area contributed by atoms with E-state index in [1.165, 1.54) is 55.6 Å². The molecule has 0 N–H and O–H groups in total. The number of fused-ring (bicyclic) bond motifs is 18. The first-order valence-electron chi connectivity index (χ1n) is 28.0. The summed E-state index contributed by atoms with van der Waals surface area (Å²) in [7, 11) is -1.39. The fourth-order valence-electron chi connectivity index (χ4n) is 13.0. The maximum atomic E-state index is 6.56. The van der Waals surface area contributed by atoms with E-state index in [9.17, 15) is 0 Å². The predicted molar refractivity (Wildman–Crippen MR) is 323 cm³/mol. The number of halogens is 1. The molecule has 8 aromatic carbocycles. The molecule has 2 aliphatic carbocycles. The lowest BCUT2D eigenvalue weighted by Crippen LogP contribution is -2.41. The number of ether oxygens (including phenoxy) is 2. The Hall–Kier alpha value is -6.21. The second kappa shape index (κ2) is 18.4. The Morgan fingerprint density at radius 1 is 0.287 bits per heavy atom. The van der Waals surface area contributed by atoms with Crippen LogP contribution in [-0.2, 0) is 38.8 Å². The van der Waals surface area contributed by atoms with Gasteiger partial charge in [-0.05, 0) is 158 Å². The minimum atomic E-state index is -0.476. The van der Waals surface area contributed by atoms with Crippen LogP contribution in [0.25, 0.3) is 22.3 Å². The molecule has 0 atom stereocenters. The molecular weight excluding hydrogens is 1060 g/mol. The van der Waals surface area contributed by atoms with Crippen molar-refractivity contribution in [2.45, 2.75) is 128 Å². The van der Waals surface area contributed by atoms with E-state index >= 15 is 0 Å². The molecule has 2 spiro atoms. The van der Waals surface area contributed by atoms with Crippen LogP contribution in [0.4, 0.5) is 0 Å². The third kappa shape index (κ3) is 7.66. The van der Waals surface area contributed by atoms with Gasteiger partial charge in [-0.2, -0.15) is 0 Å². The van der Waals surface area contributed by atoms with Gasteiger partial charge in [-0.25, -0.2) is 0 Å². The summed E-state index contributed by atoms with van der Waals surface area (Å²) >= 11 is 3.82. The molecule has 3 saturated heterocycles. The number of hydrogen-bond acceptors (Lipinski definition) is 8. The average molecular weight is 1120 g/mol. The molecule has 3 fully saturated rings. The fraction of sp³-hybridized carbons (Fsp3) is 0.294. The number of benzene rings is 8. The molecule has 15 rings (SSSR count). The van der Waals surface area contributed by atoms with E-state index in [2.05, 4.69) is 201 Å². The molecule has 0 amide bonds. The fourth-order valence-corrected chi connectivity index (χ4v) is 13.5. The van der Waals surface area contributed by atoms with Gasteiger partial charge in [0.2, 0.25) is 0 Å². The summed E-state index contributed by atoms with van der Waals surface area (Å²) in [5.74, 6) is 3.66. The van der Waals surface area contributed by atoms with E-state index < -0.39 is 37.8 Å². The van der Waals surface area contributed by atoms with Gasteiger partial charge in [0, 0.05) is 32.3 Å². The molecule has 80 heavy (non-hydrogen) atoms. The Bertz CT molecular complexity index is 3620. The van der Waals surface area contributed by atoms with Crippen molar-refractivity contribution in [1.82, 2.24) is 0 Å². The van der Waals surface area contributed by atoms with Crippen LogP contribution in [0.15, 0.2) is 186 Å². The SMILES string of the molecule is Brc1cccc2c1-c1ccccc1C21c2ccccc2Oc2ccccc21.CC1(C)OB(B2OC(C)(C)C(C)(C)O2)OC1(C)C.CC1(C)OB(c2cccc3c2-c2ccccc2C32c3ccccc3Oc3ccccc32)OC1(C)C. The Morgan fingerprint density at radius 3 is 0.963 bits per heavy atom. The Kier molecular flexibility index (Phi) is 12.2. The van der Waals surface area contributed by atoms with Crippen LogP contribution in [0.2, 0.25) is 0 Å². The minimum Gasteiger partial charge on any atom is -0.457 e. The largest absolute Gasteiger partial charge is 0.495 e. The van der Waals surface area contributed by atoms with Gasteiger partial charge < -0.3 is 37.4 Å². The summed E-state index contributed by atoms with van der Waals surface area (Å²) in [5, 5.41) is 0. The summed E-state index contributed by atoms with van der Waals surface area (Å²) in [6.45, 7) is 24.6. The Labute approximate surface area is 481 Å². The standard InChI is InChI=1S/C31H27BO3.C25H15BrO.C12H24B2O4/c1-29(2)30(3,4)35-32(34-29)25-17-11-16-24-28(25)20-12-5-6-13-21(20)31(24)22-14-7-9-18-26(22)33-27-19-10-8-15-23(27)31;26-21-13-7-12-20-24(21)16-8-1-2-9-17(16)25(20)18-10-3-5-14-22(18)27-23-15-6-4-11-19(23)25;1-9(2)10(3,4)16-13(15-9)14-17-11(5,6)12(7,8)18-14/h5-19H,1-4H3;1-15H;1-8H3. The smallest absolute Gasteiger partial charge is 0.457 e. The monoisotopic (exact) mass is 1120 g/mol. The van der Waals surface area contributed by atoms with Gasteiger partial charge in [0.1, 0.15) is 23.0 Å². The zero-order valence-corrected chi connectivity index (χ0v) is 49.3. The number of rotatable bonds is 2. The lowest BCUT2D eigenvalue weighted by atomic mass is 9.49. The summed E-state index contributed by atoms with van der Waals surface area (Å²) in [5.41, 5.74) is 12.8. The molecule has 5 aliphatic heterocycles. The van der Waals surface area contributed by atoms with Crippen molar-refractivity contribution >= 4 is 42.5 Å². The highest BCUT2D eigenvalue weighted by atomic mass is 79.9. The highest BCUT2D eigenvalue weighted by Crippen LogP contribution is 2.64. The van der Waals surface area contributed by atoms with Crippen LogP contribution >= 0.6 is 15.9 Å². The zero-order valence-electron chi connectivity index (χ0n) is 47.7. The Balaban J connectivity index is 0.000000120. The topological polar surface area (TPSA) is 73.8 Å². The van der Waals surface area contributed by atoms with Crippen LogP contribution in [0.3, 0.4) is 0 Å². The second-order valence-corrected chi connectivity index (χ2v) is 25.9. The third-order valence-corrected chi connectivity index (χ3v) is 19.7. The van der Waals surface area contributed by atoms with E-state index in [1.807, 2.05) is 79.7 Å². The summed E-state index contributed by atoms with van der Waals surface area (Å²) in [6, 6.07) is 64.4. The predicted octanol–water partition coefficient (Wildman–Crippen LogP) is 15.6. The first-order valence-corrected chi connectivity index (χ1v) is 28.8. The molecule has 8 aromatic rings. The first-order chi connectivity index (χ1) is 38.0. The lowest BCUT2D eigenvalue weighted by Gasteiger charge is -2.39. The number of hydrogen-bond donors (Lipinski definition) is 0. The van der Waals surface area contributed by atoms with Crippen LogP contribution in [0.5, 0.6) is 23.0 Å². The van der Waals surface area contributed by atoms with Crippen molar-refractivity contribution in [3.8, 4) is 45.3 Å². The molecule has 8 nitrogen and oxygen atoms in total. The highest BCUT2D eigenvalue weighted by Gasteiger charge is 2.64. The van der Waals surface area contributed by atoms with E-state index in [1.54, 1.807) is 0 Å². The van der Waals surface area contributed by atoms with E-state index in [4.69, 9.17) is 37.4 Å². The zero-order chi connectivity index (χ0) is 56.0. The molecule has 0 bridgehead atoms. The van der Waals surface area contributed by atoms with Crippen LogP contribution < -0.4 is 14.9 Å². The lowest BCUT2D eigenvalue weighted by molar-refractivity contribution is 0.00578.